The van der Waals surface area contributed by atoms with Crippen molar-refractivity contribution in [2.24, 2.45) is 29.6 Å². The van der Waals surface area contributed by atoms with Crippen LogP contribution in [0.2, 0.25) is 0 Å². The lowest BCUT2D eigenvalue weighted by Crippen LogP contribution is -2.51. The highest BCUT2D eigenvalue weighted by atomic mass is 16.5. The standard InChI is InChI=1S/C22H28N2O3/c25-21(26)19-18(23-20(24-19)17-7-12-1-2-16(17)6-12)11-27-22-8-13-3-14(9-22)5-15(4-13)10-22/h1-2,12-17H,3-11H2,(H,23,24)(H,25,26)/t12-,13?,14?,15?,16+,17-,22?/m0/s1. The van der Waals surface area contributed by atoms with Crippen LogP contribution in [0.1, 0.15) is 79.3 Å². The molecular weight excluding hydrogens is 340 g/mol. The minimum absolute atomic E-state index is 0.00897. The van der Waals surface area contributed by atoms with E-state index in [2.05, 4.69) is 22.1 Å². The highest BCUT2D eigenvalue weighted by Gasteiger charge is 2.51. The van der Waals surface area contributed by atoms with Gasteiger partial charge in [-0.25, -0.2) is 9.78 Å². The molecule has 0 aromatic carbocycles. The van der Waals surface area contributed by atoms with Crippen LogP contribution in [0.3, 0.4) is 0 Å². The van der Waals surface area contributed by atoms with Gasteiger partial charge in [0.25, 0.3) is 0 Å². The van der Waals surface area contributed by atoms with Crippen LogP contribution in [0.25, 0.3) is 0 Å². The fourth-order valence-corrected chi connectivity index (χ4v) is 7.41. The number of aromatic carboxylic acids is 1. The number of H-pyrrole nitrogens is 1. The number of aromatic nitrogens is 2. The zero-order valence-corrected chi connectivity index (χ0v) is 15.7. The lowest BCUT2D eigenvalue weighted by atomic mass is 9.54. The minimum atomic E-state index is -0.944. The summed E-state index contributed by atoms with van der Waals surface area (Å²) in [5, 5.41) is 9.66. The maximum Gasteiger partial charge on any atom is 0.356 e. The highest BCUT2D eigenvalue weighted by molar-refractivity contribution is 5.86. The Morgan fingerprint density at radius 3 is 2.37 bits per heavy atom. The van der Waals surface area contributed by atoms with Crippen LogP contribution < -0.4 is 0 Å². The van der Waals surface area contributed by atoms with E-state index in [1.807, 2.05) is 0 Å². The van der Waals surface area contributed by atoms with E-state index in [9.17, 15) is 9.90 Å². The van der Waals surface area contributed by atoms with E-state index in [1.54, 1.807) is 0 Å². The SMILES string of the molecule is O=C(O)c1nc([C@H]2C[C@H]3C=C[C@@H]2C3)[nH]c1COC12CC3CC(CC(C3)C1)C2. The maximum absolute atomic E-state index is 11.8. The molecule has 6 aliphatic rings. The normalized spacial score (nSPS) is 43.7. The van der Waals surface area contributed by atoms with Crippen molar-refractivity contribution in [2.45, 2.75) is 69.5 Å². The number of carboxylic acid groups (broad SMARTS) is 1. The van der Waals surface area contributed by atoms with Crippen LogP contribution in [0.15, 0.2) is 12.2 Å². The Bertz CT molecular complexity index is 775. The monoisotopic (exact) mass is 368 g/mol. The molecule has 6 bridgehead atoms. The smallest absolute Gasteiger partial charge is 0.356 e. The van der Waals surface area contributed by atoms with E-state index >= 15 is 0 Å². The first-order valence-corrected chi connectivity index (χ1v) is 10.7. The van der Waals surface area contributed by atoms with Gasteiger partial charge in [-0.05, 0) is 81.0 Å². The van der Waals surface area contributed by atoms with Gasteiger partial charge >= 0.3 is 5.97 Å². The van der Waals surface area contributed by atoms with Crippen LogP contribution in [-0.4, -0.2) is 26.6 Å². The van der Waals surface area contributed by atoms with Gasteiger partial charge in [0.15, 0.2) is 5.69 Å². The number of carbonyl (C=O) groups is 1. The van der Waals surface area contributed by atoms with E-state index < -0.39 is 5.97 Å². The molecule has 1 aromatic rings. The number of hydrogen-bond donors (Lipinski definition) is 2. The summed E-state index contributed by atoms with van der Waals surface area (Å²) in [4.78, 5) is 19.7. The molecule has 27 heavy (non-hydrogen) atoms. The molecule has 0 spiro atoms. The van der Waals surface area contributed by atoms with Crippen molar-refractivity contribution >= 4 is 5.97 Å². The lowest BCUT2D eigenvalue weighted by molar-refractivity contribution is -0.169. The third kappa shape index (κ3) is 2.61. The molecule has 3 atom stereocenters. The van der Waals surface area contributed by atoms with Gasteiger partial charge in [-0.3, -0.25) is 0 Å². The summed E-state index contributed by atoms with van der Waals surface area (Å²) in [5.41, 5.74) is 0.826. The van der Waals surface area contributed by atoms with E-state index in [4.69, 9.17) is 4.74 Å². The molecule has 1 aromatic heterocycles. The Balaban J connectivity index is 1.23. The number of ether oxygens (including phenoxy) is 1. The quantitative estimate of drug-likeness (QED) is 0.761. The molecule has 5 nitrogen and oxygen atoms in total. The average Bonchev–Trinajstić information content (AvgIpc) is 3.34. The number of aromatic amines is 1. The van der Waals surface area contributed by atoms with Crippen molar-refractivity contribution in [3.8, 4) is 0 Å². The molecule has 6 aliphatic carbocycles. The van der Waals surface area contributed by atoms with Gasteiger partial charge in [-0.2, -0.15) is 0 Å². The summed E-state index contributed by atoms with van der Waals surface area (Å²) in [5.74, 6) is 3.89. The van der Waals surface area contributed by atoms with Gasteiger partial charge in [-0.1, -0.05) is 12.2 Å². The van der Waals surface area contributed by atoms with Crippen LogP contribution in [0, 0.1) is 29.6 Å². The molecule has 7 rings (SSSR count). The van der Waals surface area contributed by atoms with Gasteiger partial charge in [-0.15, -0.1) is 0 Å². The van der Waals surface area contributed by atoms with Crippen molar-refractivity contribution in [3.63, 3.8) is 0 Å². The summed E-state index contributed by atoms with van der Waals surface area (Å²) in [6.07, 6.45) is 14.5. The van der Waals surface area contributed by atoms with E-state index in [1.165, 1.54) is 44.9 Å². The molecule has 144 valence electrons. The lowest BCUT2D eigenvalue weighted by Gasteiger charge is -2.56. The third-order valence-electron chi connectivity index (χ3n) is 8.13. The maximum atomic E-state index is 11.8. The van der Waals surface area contributed by atoms with Gasteiger partial charge in [0.2, 0.25) is 0 Å². The van der Waals surface area contributed by atoms with Crippen LogP contribution in [0.5, 0.6) is 0 Å². The number of imidazole rings is 1. The Labute approximate surface area is 159 Å². The van der Waals surface area contributed by atoms with E-state index in [0.29, 0.717) is 30.1 Å². The second kappa shape index (κ2) is 5.69. The zero-order valence-electron chi connectivity index (χ0n) is 15.7. The predicted octanol–water partition coefficient (Wildman–Crippen LogP) is 4.27. The second-order valence-corrected chi connectivity index (χ2v) is 10.0. The molecular formula is C22H28N2O3. The molecule has 0 radical (unpaired) electrons. The largest absolute Gasteiger partial charge is 0.476 e. The van der Waals surface area contributed by atoms with Gasteiger partial charge in [0, 0.05) is 5.92 Å². The number of fused-ring (bicyclic) bond motifs is 2. The highest BCUT2D eigenvalue weighted by Crippen LogP contribution is 2.57. The number of nitrogens with zero attached hydrogens (tertiary/aromatic N) is 1. The van der Waals surface area contributed by atoms with Gasteiger partial charge in [0.05, 0.1) is 17.9 Å². The summed E-state index contributed by atoms with van der Waals surface area (Å²) >= 11 is 0. The van der Waals surface area contributed by atoms with Crippen molar-refractivity contribution in [1.29, 1.82) is 0 Å². The zero-order chi connectivity index (χ0) is 18.2. The first-order valence-electron chi connectivity index (χ1n) is 10.7. The Morgan fingerprint density at radius 2 is 1.81 bits per heavy atom. The van der Waals surface area contributed by atoms with E-state index in [0.717, 1.165) is 30.0 Å². The summed E-state index contributed by atoms with van der Waals surface area (Å²) in [7, 11) is 0. The van der Waals surface area contributed by atoms with Gasteiger partial charge in [0.1, 0.15) is 5.82 Å². The number of rotatable bonds is 5. The van der Waals surface area contributed by atoms with Crippen molar-refractivity contribution in [3.05, 3.63) is 29.4 Å². The molecule has 5 saturated carbocycles. The summed E-state index contributed by atoms with van der Waals surface area (Å²) in [6, 6.07) is 0. The van der Waals surface area contributed by atoms with Crippen molar-refractivity contribution in [2.75, 3.05) is 0 Å². The number of allylic oxidation sites excluding steroid dienone is 2. The molecule has 5 heteroatoms. The topological polar surface area (TPSA) is 75.2 Å². The molecule has 0 aliphatic heterocycles. The van der Waals surface area contributed by atoms with Crippen LogP contribution >= 0.6 is 0 Å². The number of carboxylic acids is 1. The number of hydrogen-bond acceptors (Lipinski definition) is 3. The molecule has 0 saturated heterocycles. The Morgan fingerprint density at radius 1 is 1.11 bits per heavy atom. The molecule has 5 fully saturated rings. The molecule has 2 N–H and O–H groups in total. The van der Waals surface area contributed by atoms with E-state index in [-0.39, 0.29) is 11.3 Å². The fourth-order valence-electron chi connectivity index (χ4n) is 7.41. The minimum Gasteiger partial charge on any atom is -0.476 e. The van der Waals surface area contributed by atoms with Crippen molar-refractivity contribution < 1.29 is 14.6 Å². The third-order valence-corrected chi connectivity index (χ3v) is 8.13. The van der Waals surface area contributed by atoms with Crippen LogP contribution in [-0.2, 0) is 11.3 Å². The first kappa shape index (κ1) is 16.3. The molecule has 0 amide bonds. The molecule has 1 heterocycles. The van der Waals surface area contributed by atoms with Crippen molar-refractivity contribution in [1.82, 2.24) is 9.97 Å². The predicted molar refractivity (Wildman–Crippen MR) is 99.3 cm³/mol. The second-order valence-electron chi connectivity index (χ2n) is 10.0. The average molecular weight is 368 g/mol. The first-order chi connectivity index (χ1) is 13.1. The summed E-state index contributed by atoms with van der Waals surface area (Å²) in [6.45, 7) is 0.359. The Kier molecular flexibility index (Phi) is 3.45. The summed E-state index contributed by atoms with van der Waals surface area (Å²) < 4.78 is 6.51. The number of nitrogens with one attached hydrogen (secondary N) is 1. The fraction of sp³-hybridized carbons (Fsp3) is 0.727. The van der Waals surface area contributed by atoms with Crippen LogP contribution in [0.4, 0.5) is 0 Å². The molecule has 0 unspecified atom stereocenters. The Hall–Kier alpha value is -1.62. The van der Waals surface area contributed by atoms with Gasteiger partial charge < -0.3 is 14.8 Å².